The highest BCUT2D eigenvalue weighted by Gasteiger charge is 2.08. The van der Waals surface area contributed by atoms with E-state index in [-0.39, 0.29) is 30.6 Å². The number of carbonyl (C=O) groups is 1. The quantitative estimate of drug-likeness (QED) is 0.399. The van der Waals surface area contributed by atoms with E-state index >= 15 is 0 Å². The van der Waals surface area contributed by atoms with Crippen molar-refractivity contribution in [3.8, 4) is 5.75 Å². The Kier molecular flexibility index (Phi) is 6.36. The van der Waals surface area contributed by atoms with Gasteiger partial charge in [0.15, 0.2) is 12.4 Å². The van der Waals surface area contributed by atoms with Gasteiger partial charge in [0.05, 0.1) is 5.71 Å². The molecule has 0 aliphatic rings. The SMILES string of the molecule is C/C(=N\NC(=O)C[n+]1ccccc1)c1ccccc1O.[Cl-]. The van der Waals surface area contributed by atoms with Gasteiger partial charge >= 0.3 is 5.91 Å². The van der Waals surface area contributed by atoms with Gasteiger partial charge in [-0.05, 0) is 19.1 Å². The number of hydrazone groups is 1. The molecule has 1 aromatic heterocycles. The summed E-state index contributed by atoms with van der Waals surface area (Å²) in [5, 5.41) is 13.7. The van der Waals surface area contributed by atoms with Crippen molar-refractivity contribution in [2.45, 2.75) is 13.5 Å². The summed E-state index contributed by atoms with van der Waals surface area (Å²) in [7, 11) is 0. The summed E-state index contributed by atoms with van der Waals surface area (Å²) < 4.78 is 1.75. The first kappa shape index (κ1) is 16.7. The van der Waals surface area contributed by atoms with E-state index in [0.29, 0.717) is 11.3 Å². The Bertz CT molecular complexity index is 630. The van der Waals surface area contributed by atoms with Crippen molar-refractivity contribution in [3.63, 3.8) is 0 Å². The van der Waals surface area contributed by atoms with E-state index in [9.17, 15) is 9.90 Å². The summed E-state index contributed by atoms with van der Waals surface area (Å²) in [6.45, 7) is 1.92. The van der Waals surface area contributed by atoms with Gasteiger partial charge in [-0.3, -0.25) is 4.79 Å². The highest BCUT2D eigenvalue weighted by atomic mass is 35.5. The van der Waals surface area contributed by atoms with Gasteiger partial charge in [-0.1, -0.05) is 18.2 Å². The van der Waals surface area contributed by atoms with Crippen molar-refractivity contribution >= 4 is 11.6 Å². The molecule has 0 saturated heterocycles. The molecule has 1 aromatic carbocycles. The molecule has 0 unspecified atom stereocenters. The zero-order chi connectivity index (χ0) is 14.4. The molecule has 0 spiro atoms. The minimum atomic E-state index is -0.226. The molecule has 6 heteroatoms. The van der Waals surface area contributed by atoms with Crippen LogP contribution in [0.5, 0.6) is 5.75 Å². The minimum absolute atomic E-state index is 0. The normalized spacial score (nSPS) is 10.6. The Morgan fingerprint density at radius 3 is 2.52 bits per heavy atom. The van der Waals surface area contributed by atoms with Crippen LogP contribution in [0, 0.1) is 0 Å². The van der Waals surface area contributed by atoms with E-state index in [1.54, 1.807) is 48.1 Å². The lowest BCUT2D eigenvalue weighted by atomic mass is 10.1. The van der Waals surface area contributed by atoms with E-state index in [1.165, 1.54) is 0 Å². The lowest BCUT2D eigenvalue weighted by Crippen LogP contribution is -3.00. The molecule has 1 heterocycles. The monoisotopic (exact) mass is 305 g/mol. The maximum absolute atomic E-state index is 11.7. The predicted molar refractivity (Wildman–Crippen MR) is 75.1 cm³/mol. The maximum Gasteiger partial charge on any atom is 0.305 e. The fraction of sp³-hybridized carbons (Fsp3) is 0.133. The van der Waals surface area contributed by atoms with Crippen LogP contribution in [0.1, 0.15) is 12.5 Å². The summed E-state index contributed by atoms with van der Waals surface area (Å²) in [5.74, 6) is -0.0867. The highest BCUT2D eigenvalue weighted by Crippen LogP contribution is 2.15. The number of hydrogen-bond donors (Lipinski definition) is 2. The third kappa shape index (κ3) is 4.89. The average Bonchev–Trinajstić information content (AvgIpc) is 2.46. The number of aromatic nitrogens is 1. The summed E-state index contributed by atoms with van der Waals surface area (Å²) in [4.78, 5) is 11.7. The molecule has 0 atom stereocenters. The Balaban J connectivity index is 0.00000220. The maximum atomic E-state index is 11.7. The molecular weight excluding hydrogens is 290 g/mol. The van der Waals surface area contributed by atoms with Crippen LogP contribution in [0.3, 0.4) is 0 Å². The fourth-order valence-corrected chi connectivity index (χ4v) is 1.73. The molecule has 0 radical (unpaired) electrons. The number of hydrogen-bond acceptors (Lipinski definition) is 3. The largest absolute Gasteiger partial charge is 1.00 e. The van der Waals surface area contributed by atoms with Crippen molar-refractivity contribution < 1.29 is 26.9 Å². The van der Waals surface area contributed by atoms with Crippen molar-refractivity contribution in [2.24, 2.45) is 5.10 Å². The van der Waals surface area contributed by atoms with Crippen LogP contribution >= 0.6 is 0 Å². The molecule has 0 aliphatic heterocycles. The Hall–Kier alpha value is -2.40. The Labute approximate surface area is 129 Å². The molecule has 2 N–H and O–H groups in total. The second-order valence-electron chi connectivity index (χ2n) is 4.30. The number of rotatable bonds is 4. The Morgan fingerprint density at radius 2 is 1.86 bits per heavy atom. The van der Waals surface area contributed by atoms with Crippen LogP contribution in [-0.4, -0.2) is 16.7 Å². The van der Waals surface area contributed by atoms with Crippen molar-refractivity contribution in [2.75, 3.05) is 0 Å². The number of benzene rings is 1. The van der Waals surface area contributed by atoms with Gasteiger partial charge in [-0.2, -0.15) is 9.67 Å². The van der Waals surface area contributed by atoms with Crippen molar-refractivity contribution in [3.05, 3.63) is 60.4 Å². The van der Waals surface area contributed by atoms with Gasteiger partial charge in [-0.25, -0.2) is 5.43 Å². The van der Waals surface area contributed by atoms with E-state index in [2.05, 4.69) is 10.5 Å². The predicted octanol–water partition coefficient (Wildman–Crippen LogP) is -1.78. The lowest BCUT2D eigenvalue weighted by Gasteiger charge is -2.03. The van der Waals surface area contributed by atoms with E-state index in [4.69, 9.17) is 0 Å². The number of halogens is 1. The van der Waals surface area contributed by atoms with Crippen molar-refractivity contribution in [1.82, 2.24) is 5.43 Å². The van der Waals surface area contributed by atoms with Gasteiger partial charge < -0.3 is 17.5 Å². The number of amides is 1. The smallest absolute Gasteiger partial charge is 0.305 e. The number of aromatic hydroxyl groups is 1. The molecule has 110 valence electrons. The van der Waals surface area contributed by atoms with Gasteiger partial charge in [0.2, 0.25) is 6.54 Å². The number of phenols is 1. The molecule has 0 aliphatic carbocycles. The van der Waals surface area contributed by atoms with Gasteiger partial charge in [0, 0.05) is 17.7 Å². The molecule has 0 saturated carbocycles. The van der Waals surface area contributed by atoms with E-state index in [1.807, 2.05) is 18.2 Å². The standard InChI is InChI=1S/C15H15N3O2.ClH/c1-12(13-7-3-4-8-14(13)19)16-17-15(20)11-18-9-5-2-6-10-18;/h2-10H,11H2,1H3,(H-,16,17,19,20);1H. The highest BCUT2D eigenvalue weighted by molar-refractivity contribution is 6.01. The molecule has 21 heavy (non-hydrogen) atoms. The third-order valence-electron chi connectivity index (χ3n) is 2.75. The average molecular weight is 306 g/mol. The Morgan fingerprint density at radius 1 is 1.19 bits per heavy atom. The van der Waals surface area contributed by atoms with Crippen LogP contribution in [0.15, 0.2) is 60.0 Å². The molecule has 0 fully saturated rings. The summed E-state index contributed by atoms with van der Waals surface area (Å²) >= 11 is 0. The van der Waals surface area contributed by atoms with Gasteiger partial charge in [-0.15, -0.1) is 0 Å². The molecule has 5 nitrogen and oxygen atoms in total. The van der Waals surface area contributed by atoms with E-state index in [0.717, 1.165) is 0 Å². The summed E-state index contributed by atoms with van der Waals surface area (Å²) in [6.07, 6.45) is 3.61. The van der Waals surface area contributed by atoms with Gasteiger partial charge in [0.1, 0.15) is 5.75 Å². The van der Waals surface area contributed by atoms with Crippen LogP contribution in [0.4, 0.5) is 0 Å². The number of nitrogens with zero attached hydrogens (tertiary/aromatic N) is 2. The molecule has 1 amide bonds. The first-order chi connectivity index (χ1) is 9.66. The minimum Gasteiger partial charge on any atom is -1.00 e. The van der Waals surface area contributed by atoms with Crippen LogP contribution in [0.2, 0.25) is 0 Å². The fourth-order valence-electron chi connectivity index (χ4n) is 1.73. The second-order valence-corrected chi connectivity index (χ2v) is 4.30. The molecule has 0 bridgehead atoms. The van der Waals surface area contributed by atoms with Crippen LogP contribution < -0.4 is 22.4 Å². The number of carbonyl (C=O) groups excluding carboxylic acids is 1. The number of nitrogens with one attached hydrogen (secondary N) is 1. The number of para-hydroxylation sites is 1. The molecule has 2 rings (SSSR count). The zero-order valence-electron chi connectivity index (χ0n) is 11.5. The first-order valence-electron chi connectivity index (χ1n) is 6.22. The van der Waals surface area contributed by atoms with Crippen LogP contribution in [-0.2, 0) is 11.3 Å². The second kappa shape index (κ2) is 8.01. The summed E-state index contributed by atoms with van der Waals surface area (Å²) in [6, 6.07) is 12.4. The van der Waals surface area contributed by atoms with Crippen LogP contribution in [0.25, 0.3) is 0 Å². The third-order valence-corrected chi connectivity index (χ3v) is 2.75. The lowest BCUT2D eigenvalue weighted by molar-refractivity contribution is -0.684. The summed E-state index contributed by atoms with van der Waals surface area (Å²) in [5.41, 5.74) is 3.62. The topological polar surface area (TPSA) is 65.6 Å². The molecular formula is C15H16ClN3O2. The first-order valence-corrected chi connectivity index (χ1v) is 6.22. The zero-order valence-corrected chi connectivity index (χ0v) is 12.3. The number of pyridine rings is 1. The van der Waals surface area contributed by atoms with Crippen molar-refractivity contribution in [1.29, 1.82) is 0 Å². The molecule has 2 aromatic rings. The van der Waals surface area contributed by atoms with Gasteiger partial charge in [0.25, 0.3) is 0 Å². The van der Waals surface area contributed by atoms with E-state index < -0.39 is 0 Å². The number of phenolic OH excluding ortho intramolecular Hbond substituents is 1.